The molecule has 1 aromatic carbocycles. The standard InChI is InChI=1S/C14H14N2O3S/c1-19-8-11-7-12(20-9-13(17)18)16-14(15-11)10-5-3-2-4-6-10/h2-7H,8-9H2,1H3,(H,17,18). The Hall–Kier alpha value is -1.92. The highest BCUT2D eigenvalue weighted by Crippen LogP contribution is 2.21. The number of methoxy groups -OCH3 is 1. The van der Waals surface area contributed by atoms with Crippen LogP contribution in [0.1, 0.15) is 5.69 Å². The Morgan fingerprint density at radius 2 is 2.05 bits per heavy atom. The average molecular weight is 290 g/mol. The van der Waals surface area contributed by atoms with Crippen molar-refractivity contribution in [2.75, 3.05) is 12.9 Å². The number of carboxylic acids is 1. The molecule has 104 valence electrons. The molecule has 0 atom stereocenters. The van der Waals surface area contributed by atoms with Crippen LogP contribution in [0.5, 0.6) is 0 Å². The number of nitrogens with zero attached hydrogens (tertiary/aromatic N) is 2. The van der Waals surface area contributed by atoms with Crippen molar-refractivity contribution >= 4 is 17.7 Å². The van der Waals surface area contributed by atoms with Crippen LogP contribution in [-0.2, 0) is 16.1 Å². The zero-order valence-electron chi connectivity index (χ0n) is 10.9. The van der Waals surface area contributed by atoms with Gasteiger partial charge in [-0.25, -0.2) is 9.97 Å². The van der Waals surface area contributed by atoms with Crippen LogP contribution >= 0.6 is 11.8 Å². The van der Waals surface area contributed by atoms with E-state index in [0.717, 1.165) is 11.3 Å². The number of thioether (sulfide) groups is 1. The number of aromatic nitrogens is 2. The normalized spacial score (nSPS) is 10.4. The molecular formula is C14H14N2O3S. The molecule has 0 spiro atoms. The van der Waals surface area contributed by atoms with Crippen molar-refractivity contribution in [3.63, 3.8) is 0 Å². The molecule has 20 heavy (non-hydrogen) atoms. The van der Waals surface area contributed by atoms with Gasteiger partial charge in [-0.3, -0.25) is 4.79 Å². The second kappa shape index (κ2) is 7.02. The number of rotatable bonds is 6. The van der Waals surface area contributed by atoms with Gasteiger partial charge in [0.05, 0.1) is 18.1 Å². The summed E-state index contributed by atoms with van der Waals surface area (Å²) in [5, 5.41) is 9.38. The summed E-state index contributed by atoms with van der Waals surface area (Å²) in [4.78, 5) is 19.5. The predicted molar refractivity (Wildman–Crippen MR) is 76.5 cm³/mol. The summed E-state index contributed by atoms with van der Waals surface area (Å²) in [6.45, 7) is 0.364. The maximum atomic E-state index is 10.6. The SMILES string of the molecule is COCc1cc(SCC(=O)O)nc(-c2ccccc2)n1. The molecule has 0 aliphatic carbocycles. The number of benzene rings is 1. The number of aliphatic carboxylic acids is 1. The number of carboxylic acid groups (broad SMARTS) is 1. The van der Waals surface area contributed by atoms with E-state index in [1.807, 2.05) is 30.3 Å². The number of hydrogen-bond acceptors (Lipinski definition) is 5. The van der Waals surface area contributed by atoms with Crippen molar-refractivity contribution < 1.29 is 14.6 Å². The molecule has 6 heteroatoms. The largest absolute Gasteiger partial charge is 0.481 e. The summed E-state index contributed by atoms with van der Waals surface area (Å²) in [6.07, 6.45) is 0. The molecule has 0 aliphatic heterocycles. The molecule has 2 rings (SSSR count). The van der Waals surface area contributed by atoms with Crippen molar-refractivity contribution in [2.45, 2.75) is 11.6 Å². The number of carbonyl (C=O) groups is 1. The molecular weight excluding hydrogens is 276 g/mol. The molecule has 1 heterocycles. The van der Waals surface area contributed by atoms with Crippen molar-refractivity contribution in [3.8, 4) is 11.4 Å². The quantitative estimate of drug-likeness (QED) is 0.651. The Kier molecular flexibility index (Phi) is 5.09. The fourth-order valence-corrected chi connectivity index (χ4v) is 2.26. The molecule has 0 unspecified atom stereocenters. The topological polar surface area (TPSA) is 72.3 Å². The Balaban J connectivity index is 2.33. The highest BCUT2D eigenvalue weighted by atomic mass is 32.2. The first kappa shape index (κ1) is 14.5. The first-order valence-electron chi connectivity index (χ1n) is 5.96. The lowest BCUT2D eigenvalue weighted by molar-refractivity contribution is -0.133. The third-order valence-electron chi connectivity index (χ3n) is 2.42. The van der Waals surface area contributed by atoms with Crippen LogP contribution in [0.3, 0.4) is 0 Å². The number of ether oxygens (including phenoxy) is 1. The van der Waals surface area contributed by atoms with Gasteiger partial charge in [0.1, 0.15) is 5.03 Å². The van der Waals surface area contributed by atoms with E-state index in [0.29, 0.717) is 17.5 Å². The summed E-state index contributed by atoms with van der Waals surface area (Å²) in [6, 6.07) is 11.3. The Morgan fingerprint density at radius 3 is 2.70 bits per heavy atom. The van der Waals surface area contributed by atoms with E-state index in [4.69, 9.17) is 9.84 Å². The molecule has 0 amide bonds. The van der Waals surface area contributed by atoms with E-state index in [-0.39, 0.29) is 5.75 Å². The lowest BCUT2D eigenvalue weighted by atomic mass is 10.2. The molecule has 0 aliphatic rings. The minimum absolute atomic E-state index is 0.0301. The minimum atomic E-state index is -0.872. The maximum absolute atomic E-state index is 10.6. The van der Waals surface area contributed by atoms with Gasteiger partial charge in [-0.1, -0.05) is 42.1 Å². The third kappa shape index (κ3) is 4.04. The Morgan fingerprint density at radius 1 is 1.30 bits per heavy atom. The highest BCUT2D eigenvalue weighted by molar-refractivity contribution is 7.99. The molecule has 0 saturated carbocycles. The van der Waals surface area contributed by atoms with Gasteiger partial charge in [-0.2, -0.15) is 0 Å². The van der Waals surface area contributed by atoms with Gasteiger partial charge < -0.3 is 9.84 Å². The lowest BCUT2D eigenvalue weighted by Gasteiger charge is -2.07. The molecule has 0 fully saturated rings. The van der Waals surface area contributed by atoms with Crippen LogP contribution in [0.4, 0.5) is 0 Å². The van der Waals surface area contributed by atoms with Crippen LogP contribution in [0.15, 0.2) is 41.4 Å². The lowest BCUT2D eigenvalue weighted by Crippen LogP contribution is -2.02. The summed E-state index contributed by atoms with van der Waals surface area (Å²) < 4.78 is 5.08. The van der Waals surface area contributed by atoms with E-state index in [1.54, 1.807) is 13.2 Å². The zero-order chi connectivity index (χ0) is 14.4. The van der Waals surface area contributed by atoms with E-state index >= 15 is 0 Å². The Bertz CT molecular complexity index is 590. The first-order valence-corrected chi connectivity index (χ1v) is 6.94. The van der Waals surface area contributed by atoms with E-state index < -0.39 is 5.97 Å². The molecule has 5 nitrogen and oxygen atoms in total. The van der Waals surface area contributed by atoms with Gasteiger partial charge in [0.15, 0.2) is 5.82 Å². The monoisotopic (exact) mass is 290 g/mol. The van der Waals surface area contributed by atoms with Crippen molar-refractivity contribution in [3.05, 3.63) is 42.1 Å². The predicted octanol–water partition coefficient (Wildman–Crippen LogP) is 2.47. The van der Waals surface area contributed by atoms with Gasteiger partial charge in [0.25, 0.3) is 0 Å². The van der Waals surface area contributed by atoms with Crippen LogP contribution in [-0.4, -0.2) is 33.9 Å². The van der Waals surface area contributed by atoms with Gasteiger partial charge >= 0.3 is 5.97 Å². The summed E-state index contributed by atoms with van der Waals surface area (Å²) in [7, 11) is 1.59. The van der Waals surface area contributed by atoms with Crippen LogP contribution < -0.4 is 0 Å². The smallest absolute Gasteiger partial charge is 0.313 e. The molecule has 0 bridgehead atoms. The van der Waals surface area contributed by atoms with Crippen molar-refractivity contribution in [2.24, 2.45) is 0 Å². The van der Waals surface area contributed by atoms with E-state index in [1.165, 1.54) is 11.8 Å². The molecule has 1 aromatic heterocycles. The van der Waals surface area contributed by atoms with Gasteiger partial charge in [0, 0.05) is 12.7 Å². The van der Waals surface area contributed by atoms with Crippen LogP contribution in [0, 0.1) is 0 Å². The number of hydrogen-bond donors (Lipinski definition) is 1. The minimum Gasteiger partial charge on any atom is -0.481 e. The van der Waals surface area contributed by atoms with Gasteiger partial charge in [-0.15, -0.1) is 0 Å². The zero-order valence-corrected chi connectivity index (χ0v) is 11.8. The summed E-state index contributed by atoms with van der Waals surface area (Å²) in [5.41, 5.74) is 1.62. The highest BCUT2D eigenvalue weighted by Gasteiger charge is 2.08. The summed E-state index contributed by atoms with van der Waals surface area (Å²) in [5.74, 6) is -0.325. The third-order valence-corrected chi connectivity index (χ3v) is 3.32. The van der Waals surface area contributed by atoms with Gasteiger partial charge in [-0.05, 0) is 6.07 Å². The van der Waals surface area contributed by atoms with Crippen molar-refractivity contribution in [1.82, 2.24) is 9.97 Å². The fraction of sp³-hybridized carbons (Fsp3) is 0.214. The second-order valence-corrected chi connectivity index (χ2v) is 5.00. The van der Waals surface area contributed by atoms with Crippen molar-refractivity contribution in [1.29, 1.82) is 0 Å². The summed E-state index contributed by atoms with van der Waals surface area (Å²) >= 11 is 1.17. The van der Waals surface area contributed by atoms with Crippen LogP contribution in [0.25, 0.3) is 11.4 Å². The fourth-order valence-electron chi connectivity index (χ4n) is 1.62. The average Bonchev–Trinajstić information content (AvgIpc) is 2.46. The van der Waals surface area contributed by atoms with Crippen LogP contribution in [0.2, 0.25) is 0 Å². The van der Waals surface area contributed by atoms with E-state index in [2.05, 4.69) is 9.97 Å². The first-order chi connectivity index (χ1) is 9.69. The molecule has 1 N–H and O–H groups in total. The van der Waals surface area contributed by atoms with Gasteiger partial charge in [0.2, 0.25) is 0 Å². The molecule has 0 radical (unpaired) electrons. The Labute approximate surface area is 121 Å². The maximum Gasteiger partial charge on any atom is 0.313 e. The molecule has 2 aromatic rings. The van der Waals surface area contributed by atoms with E-state index in [9.17, 15) is 4.79 Å². The second-order valence-electron chi connectivity index (χ2n) is 4.00. The molecule has 0 saturated heterocycles.